The lowest BCUT2D eigenvalue weighted by Gasteiger charge is -2.14. The van der Waals surface area contributed by atoms with Crippen molar-refractivity contribution in [3.63, 3.8) is 0 Å². The first kappa shape index (κ1) is 16.4. The molecule has 0 fully saturated rings. The Morgan fingerprint density at radius 3 is 2.59 bits per heavy atom. The quantitative estimate of drug-likeness (QED) is 0.771. The third-order valence-corrected chi connectivity index (χ3v) is 3.73. The number of rotatable bonds is 4. The molecule has 114 valence electrons. The van der Waals surface area contributed by atoms with Gasteiger partial charge in [-0.3, -0.25) is 0 Å². The van der Waals surface area contributed by atoms with Gasteiger partial charge in [-0.25, -0.2) is 4.98 Å². The summed E-state index contributed by atoms with van der Waals surface area (Å²) in [6.07, 6.45) is 1.52. The average Bonchev–Trinajstić information content (AvgIpc) is 2.51. The minimum Gasteiger partial charge on any atom is -0.481 e. The Labute approximate surface area is 139 Å². The van der Waals surface area contributed by atoms with Crippen LogP contribution in [-0.4, -0.2) is 12.1 Å². The molecule has 0 unspecified atom stereocenters. The Hall–Kier alpha value is -1.96. The van der Waals surface area contributed by atoms with E-state index in [4.69, 9.17) is 37.9 Å². The van der Waals surface area contributed by atoms with Gasteiger partial charge in [-0.15, -0.1) is 0 Å². The number of halogens is 2. The molecule has 0 saturated carbocycles. The zero-order chi connectivity index (χ0) is 16.3. The number of ether oxygens (including phenoxy) is 2. The van der Waals surface area contributed by atoms with Gasteiger partial charge in [-0.2, -0.15) is 5.26 Å². The van der Waals surface area contributed by atoms with Gasteiger partial charge in [0.15, 0.2) is 5.75 Å². The predicted octanol–water partition coefficient (Wildman–Crippen LogP) is 5.18. The minimum atomic E-state index is 0.178. The first-order chi connectivity index (χ1) is 10.5. The Morgan fingerprint density at radius 2 is 2.00 bits per heavy atom. The van der Waals surface area contributed by atoms with Gasteiger partial charge in [0.05, 0.1) is 23.9 Å². The summed E-state index contributed by atoms with van der Waals surface area (Å²) >= 11 is 12.3. The minimum absolute atomic E-state index is 0.178. The maximum Gasteiger partial charge on any atom is 0.216 e. The van der Waals surface area contributed by atoms with Gasteiger partial charge in [0.25, 0.3) is 0 Å². The van der Waals surface area contributed by atoms with Crippen molar-refractivity contribution in [3.05, 3.63) is 45.6 Å². The molecule has 6 heteroatoms. The molecule has 0 aliphatic rings. The largest absolute Gasteiger partial charge is 0.481 e. The van der Waals surface area contributed by atoms with E-state index in [9.17, 15) is 0 Å². The molecule has 0 atom stereocenters. The van der Waals surface area contributed by atoms with Crippen LogP contribution in [0.2, 0.25) is 10.0 Å². The van der Waals surface area contributed by atoms with E-state index in [0.29, 0.717) is 22.2 Å². The highest BCUT2D eigenvalue weighted by Crippen LogP contribution is 2.39. The second-order valence-electron chi connectivity index (χ2n) is 4.88. The van der Waals surface area contributed by atoms with Gasteiger partial charge in [0.2, 0.25) is 5.88 Å². The highest BCUT2D eigenvalue weighted by atomic mass is 35.5. The summed E-state index contributed by atoms with van der Waals surface area (Å²) in [6, 6.07) is 6.93. The molecular weight excluding hydrogens is 323 g/mol. The fourth-order valence-electron chi connectivity index (χ4n) is 1.92. The lowest BCUT2D eigenvalue weighted by Crippen LogP contribution is -1.98. The van der Waals surface area contributed by atoms with E-state index in [1.807, 2.05) is 26.0 Å². The Balaban J connectivity index is 2.44. The first-order valence-electron chi connectivity index (χ1n) is 6.57. The van der Waals surface area contributed by atoms with Gasteiger partial charge in [0, 0.05) is 5.56 Å². The van der Waals surface area contributed by atoms with E-state index in [0.717, 1.165) is 5.56 Å². The maximum absolute atomic E-state index is 9.02. The van der Waals surface area contributed by atoms with Crippen molar-refractivity contribution in [2.45, 2.75) is 19.8 Å². The first-order valence-corrected chi connectivity index (χ1v) is 7.33. The summed E-state index contributed by atoms with van der Waals surface area (Å²) in [5.74, 6) is 1.47. The Bertz CT molecular complexity index is 740. The van der Waals surface area contributed by atoms with Crippen LogP contribution in [0, 0.1) is 11.3 Å². The van der Waals surface area contributed by atoms with Gasteiger partial charge in [-0.05, 0) is 24.1 Å². The molecule has 0 amide bonds. The van der Waals surface area contributed by atoms with Crippen molar-refractivity contribution in [1.82, 2.24) is 4.98 Å². The summed E-state index contributed by atoms with van der Waals surface area (Å²) in [4.78, 5) is 4.22. The molecule has 0 saturated heterocycles. The van der Waals surface area contributed by atoms with Crippen LogP contribution in [0.25, 0.3) is 0 Å². The normalized spacial score (nSPS) is 10.4. The fourth-order valence-corrected chi connectivity index (χ4v) is 2.41. The second-order valence-corrected chi connectivity index (χ2v) is 5.66. The standard InChI is InChI=1S/C16H14Cl2N2O2/c1-9(2)12-6-11(8-20-16(12)21-3)22-15-13(17)5-4-10(7-19)14(15)18/h4-6,8-9H,1-3H3. The fraction of sp³-hybridized carbons (Fsp3) is 0.250. The molecule has 2 aromatic rings. The van der Waals surface area contributed by atoms with Crippen molar-refractivity contribution in [1.29, 1.82) is 5.26 Å². The number of pyridine rings is 1. The van der Waals surface area contributed by atoms with Crippen LogP contribution in [0.1, 0.15) is 30.9 Å². The number of benzene rings is 1. The molecule has 22 heavy (non-hydrogen) atoms. The van der Waals surface area contributed by atoms with E-state index >= 15 is 0 Å². The number of hydrogen-bond acceptors (Lipinski definition) is 4. The Morgan fingerprint density at radius 1 is 1.27 bits per heavy atom. The summed E-state index contributed by atoms with van der Waals surface area (Å²) < 4.78 is 11.0. The number of nitrogens with zero attached hydrogens (tertiary/aromatic N) is 2. The SMILES string of the molecule is COc1ncc(Oc2c(Cl)ccc(C#N)c2Cl)cc1C(C)C. The summed E-state index contributed by atoms with van der Waals surface area (Å²) in [5, 5.41) is 9.53. The van der Waals surface area contributed by atoms with E-state index in [1.54, 1.807) is 19.2 Å². The molecule has 2 rings (SSSR count). The highest BCUT2D eigenvalue weighted by molar-refractivity contribution is 6.37. The molecule has 0 aliphatic heterocycles. The van der Waals surface area contributed by atoms with Gasteiger partial charge >= 0.3 is 0 Å². The highest BCUT2D eigenvalue weighted by Gasteiger charge is 2.15. The van der Waals surface area contributed by atoms with Crippen LogP contribution in [0.5, 0.6) is 17.4 Å². The topological polar surface area (TPSA) is 55.1 Å². The molecule has 0 bridgehead atoms. The van der Waals surface area contributed by atoms with Gasteiger partial charge < -0.3 is 9.47 Å². The van der Waals surface area contributed by atoms with Crippen molar-refractivity contribution in [2.24, 2.45) is 0 Å². The zero-order valence-electron chi connectivity index (χ0n) is 12.4. The van der Waals surface area contributed by atoms with Crippen LogP contribution in [0.3, 0.4) is 0 Å². The lowest BCUT2D eigenvalue weighted by atomic mass is 10.1. The third kappa shape index (κ3) is 3.27. The molecule has 4 nitrogen and oxygen atoms in total. The number of methoxy groups -OCH3 is 1. The number of hydrogen-bond donors (Lipinski definition) is 0. The third-order valence-electron chi connectivity index (χ3n) is 3.06. The number of aromatic nitrogens is 1. The summed E-state index contributed by atoms with van der Waals surface area (Å²) in [7, 11) is 1.57. The van der Waals surface area contributed by atoms with Crippen LogP contribution in [0.4, 0.5) is 0 Å². The lowest BCUT2D eigenvalue weighted by molar-refractivity contribution is 0.387. The van der Waals surface area contributed by atoms with Gasteiger partial charge in [0.1, 0.15) is 16.8 Å². The van der Waals surface area contributed by atoms with Crippen LogP contribution in [0.15, 0.2) is 24.4 Å². The van der Waals surface area contributed by atoms with Gasteiger partial charge in [-0.1, -0.05) is 37.0 Å². The molecule has 1 aromatic heterocycles. The monoisotopic (exact) mass is 336 g/mol. The molecular formula is C16H14Cl2N2O2. The smallest absolute Gasteiger partial charge is 0.216 e. The van der Waals surface area contributed by atoms with Crippen molar-refractivity contribution in [3.8, 4) is 23.4 Å². The van der Waals surface area contributed by atoms with E-state index in [1.165, 1.54) is 6.20 Å². The molecule has 0 radical (unpaired) electrons. The summed E-state index contributed by atoms with van der Waals surface area (Å²) in [6.45, 7) is 4.05. The van der Waals surface area contributed by atoms with E-state index < -0.39 is 0 Å². The molecule has 0 aliphatic carbocycles. The second kappa shape index (κ2) is 6.87. The van der Waals surface area contributed by atoms with Crippen LogP contribution in [-0.2, 0) is 0 Å². The van der Waals surface area contributed by atoms with Crippen molar-refractivity contribution >= 4 is 23.2 Å². The van der Waals surface area contributed by atoms with Crippen molar-refractivity contribution < 1.29 is 9.47 Å². The average molecular weight is 337 g/mol. The maximum atomic E-state index is 9.02. The Kier molecular flexibility index (Phi) is 5.12. The molecule has 0 spiro atoms. The van der Waals surface area contributed by atoms with E-state index in [-0.39, 0.29) is 16.7 Å². The van der Waals surface area contributed by atoms with Crippen molar-refractivity contribution in [2.75, 3.05) is 7.11 Å². The molecule has 1 aromatic carbocycles. The predicted molar refractivity (Wildman–Crippen MR) is 86.1 cm³/mol. The molecule has 0 N–H and O–H groups in total. The van der Waals surface area contributed by atoms with Crippen LogP contribution >= 0.6 is 23.2 Å². The number of nitriles is 1. The molecule has 1 heterocycles. The van der Waals surface area contributed by atoms with E-state index in [2.05, 4.69) is 4.98 Å². The zero-order valence-corrected chi connectivity index (χ0v) is 13.9. The summed E-state index contributed by atoms with van der Waals surface area (Å²) in [5.41, 5.74) is 1.20. The van der Waals surface area contributed by atoms with Crippen LogP contribution < -0.4 is 9.47 Å².